The molecule has 222 valence electrons. The molecule has 1 unspecified atom stereocenters. The molecule has 2 aromatic heterocycles. The largest absolute Gasteiger partial charge is 0.444 e. The molecule has 0 saturated carbocycles. The lowest BCUT2D eigenvalue weighted by Crippen LogP contribution is -2.41. The summed E-state index contributed by atoms with van der Waals surface area (Å²) in [5.74, 6) is -1.25. The summed E-state index contributed by atoms with van der Waals surface area (Å²) < 4.78 is 52.7. The molecule has 1 fully saturated rings. The summed E-state index contributed by atoms with van der Waals surface area (Å²) in [4.78, 5) is 26.8. The van der Waals surface area contributed by atoms with E-state index in [1.807, 2.05) is 20.8 Å². The zero-order chi connectivity index (χ0) is 30.0. The number of hydrogen-bond acceptors (Lipinski definition) is 7. The number of nitrogens with one attached hydrogen (secondary N) is 2. The molecule has 1 aromatic carbocycles. The topological polar surface area (TPSA) is 81.5 Å². The van der Waals surface area contributed by atoms with Crippen LogP contribution in [0, 0.1) is 5.82 Å². The summed E-state index contributed by atoms with van der Waals surface area (Å²) >= 11 is 8.27. The third-order valence-electron chi connectivity index (χ3n) is 6.69. The molecule has 42 heavy (non-hydrogen) atoms. The standard InChI is InChI=1S/C29H29ClF3N5O2S2/c1-29(2,3)40-28(39)38-14-11-16(12-15-38)26-36-23(25(41-26)21-10-13-34-27(30)35-21)17-6-4-9-20(22(17)33)37-42-24-18(31)7-5-8-19(24)32/h4-7,9-10,13,16,19,37H,8,11-12,14-15H2,1-3H3/p+1. The molecule has 0 spiro atoms. The summed E-state index contributed by atoms with van der Waals surface area (Å²) in [7, 11) is 0. The third kappa shape index (κ3) is 6.92. The van der Waals surface area contributed by atoms with Gasteiger partial charge in [0, 0.05) is 48.7 Å². The van der Waals surface area contributed by atoms with E-state index in [0.29, 0.717) is 54.1 Å². The molecule has 0 radical (unpaired) electrons. The van der Waals surface area contributed by atoms with Gasteiger partial charge >= 0.3 is 11.4 Å². The Morgan fingerprint density at radius 3 is 2.67 bits per heavy atom. The number of carbonyl (C=O) groups excluding carboxylic acids is 1. The van der Waals surface area contributed by atoms with Gasteiger partial charge in [-0.25, -0.2) is 27.9 Å². The van der Waals surface area contributed by atoms with Crippen LogP contribution in [-0.4, -0.2) is 45.8 Å². The lowest BCUT2D eigenvalue weighted by atomic mass is 9.97. The Bertz CT molecular complexity index is 1530. The van der Waals surface area contributed by atoms with Crippen LogP contribution < -0.4 is 9.71 Å². The monoisotopic (exact) mass is 636 g/mol. The molecule has 3 heterocycles. The van der Waals surface area contributed by atoms with Gasteiger partial charge in [0.1, 0.15) is 22.5 Å². The minimum absolute atomic E-state index is 0.0441. The van der Waals surface area contributed by atoms with Crippen LogP contribution in [0.5, 0.6) is 0 Å². The van der Waals surface area contributed by atoms with Gasteiger partial charge in [-0.15, -0.1) is 11.3 Å². The van der Waals surface area contributed by atoms with Crippen molar-refractivity contribution in [2.45, 2.75) is 57.7 Å². The summed E-state index contributed by atoms with van der Waals surface area (Å²) in [5, 5.41) is 0.965. The summed E-state index contributed by atoms with van der Waals surface area (Å²) in [6.45, 7) is 6.52. The van der Waals surface area contributed by atoms with Gasteiger partial charge in [-0.3, -0.25) is 0 Å². The number of rotatable bonds is 6. The van der Waals surface area contributed by atoms with E-state index in [4.69, 9.17) is 21.3 Å². The van der Waals surface area contributed by atoms with Gasteiger partial charge in [0.15, 0.2) is 11.5 Å². The minimum Gasteiger partial charge on any atom is -0.444 e. The number of aromatic amines is 1. The summed E-state index contributed by atoms with van der Waals surface area (Å²) in [6.07, 6.45) is 3.84. The summed E-state index contributed by atoms with van der Waals surface area (Å²) in [5.41, 5.74) is 0.618. The van der Waals surface area contributed by atoms with E-state index < -0.39 is 23.4 Å². The Balaban J connectivity index is 1.43. The van der Waals surface area contributed by atoms with Crippen LogP contribution in [0.15, 0.2) is 53.3 Å². The maximum Gasteiger partial charge on any atom is 0.410 e. The van der Waals surface area contributed by atoms with Crippen LogP contribution in [0.3, 0.4) is 0 Å². The molecule has 5 rings (SSSR count). The molecule has 2 aliphatic rings. The molecular weight excluding hydrogens is 607 g/mol. The Morgan fingerprint density at radius 2 is 1.98 bits per heavy atom. The van der Waals surface area contributed by atoms with Crippen LogP contribution in [0.1, 0.15) is 51.0 Å². The van der Waals surface area contributed by atoms with E-state index >= 15 is 4.39 Å². The van der Waals surface area contributed by atoms with Crippen LogP contribution in [0.2, 0.25) is 5.28 Å². The lowest BCUT2D eigenvalue weighted by Gasteiger charge is -2.32. The van der Waals surface area contributed by atoms with Crippen molar-refractivity contribution in [3.63, 3.8) is 0 Å². The number of thiazole rings is 1. The van der Waals surface area contributed by atoms with Gasteiger partial charge in [0.2, 0.25) is 0 Å². The number of aromatic nitrogens is 3. The fourth-order valence-electron chi connectivity index (χ4n) is 4.64. The van der Waals surface area contributed by atoms with Crippen molar-refractivity contribution in [3.8, 4) is 21.8 Å². The van der Waals surface area contributed by atoms with Crippen molar-refractivity contribution in [2.75, 3.05) is 17.8 Å². The predicted molar refractivity (Wildman–Crippen MR) is 160 cm³/mol. The first-order valence-corrected chi connectivity index (χ1v) is 15.5. The van der Waals surface area contributed by atoms with E-state index in [1.165, 1.54) is 29.6 Å². The fourth-order valence-corrected chi connectivity index (χ4v) is 6.78. The molecule has 1 aliphatic carbocycles. The molecule has 1 aliphatic heterocycles. The van der Waals surface area contributed by atoms with Crippen LogP contribution >= 0.6 is 34.9 Å². The normalized spacial score (nSPS) is 18.0. The number of nitrogens with zero attached hydrogens (tertiary/aromatic N) is 3. The zero-order valence-electron chi connectivity index (χ0n) is 23.2. The van der Waals surface area contributed by atoms with Crippen molar-refractivity contribution >= 4 is 46.7 Å². The van der Waals surface area contributed by atoms with E-state index in [2.05, 4.69) is 14.7 Å². The predicted octanol–water partition coefficient (Wildman–Crippen LogP) is 8.13. The number of hydrogen-bond donors (Lipinski definition) is 1. The van der Waals surface area contributed by atoms with Gasteiger partial charge in [0.05, 0.1) is 27.5 Å². The average Bonchev–Trinajstić information content (AvgIpc) is 3.38. The number of H-pyrrole nitrogens is 1. The van der Waals surface area contributed by atoms with E-state index in [0.717, 1.165) is 5.01 Å². The fraction of sp³-hybridized carbons (Fsp3) is 0.379. The molecular formula is C29H30ClF3N5O2S2+. The van der Waals surface area contributed by atoms with Crippen LogP contribution in [0.4, 0.5) is 23.7 Å². The molecule has 1 saturated heterocycles. The van der Waals surface area contributed by atoms with Crippen molar-refractivity contribution < 1.29 is 27.7 Å². The van der Waals surface area contributed by atoms with Gasteiger partial charge < -0.3 is 14.4 Å². The van der Waals surface area contributed by atoms with E-state index in [9.17, 15) is 13.6 Å². The Labute approximate surface area is 255 Å². The number of allylic oxidation sites excluding steroid dienone is 4. The number of amides is 1. The van der Waals surface area contributed by atoms with Gasteiger partial charge in [-0.1, -0.05) is 12.1 Å². The maximum atomic E-state index is 16.0. The average molecular weight is 637 g/mol. The number of ether oxygens (including phenoxy) is 1. The number of halogens is 4. The Hall–Kier alpha value is -3.09. The van der Waals surface area contributed by atoms with Crippen LogP contribution in [0.25, 0.3) is 21.8 Å². The van der Waals surface area contributed by atoms with Crippen LogP contribution in [-0.2, 0) is 4.74 Å². The highest BCUT2D eigenvalue weighted by molar-refractivity contribution is 8.04. The second-order valence-electron chi connectivity index (χ2n) is 10.9. The number of anilines is 1. The third-order valence-corrected chi connectivity index (χ3v) is 9.11. The van der Waals surface area contributed by atoms with Gasteiger partial charge in [-0.2, -0.15) is 0 Å². The number of alkyl halides is 1. The first-order valence-electron chi connectivity index (χ1n) is 13.5. The number of likely N-dealkylation sites (tertiary alicyclic amines) is 1. The molecule has 3 aromatic rings. The Morgan fingerprint density at radius 1 is 1.21 bits per heavy atom. The smallest absolute Gasteiger partial charge is 0.410 e. The first kappa shape index (κ1) is 30.4. The SMILES string of the molecule is CC(C)(C)OC(=O)N1CCC(c2nc(-c3cccc(NSC4=C(F)C=CCC4F)c3F)c(-c3cc[nH+]c(Cl)n3)s2)CC1. The van der Waals surface area contributed by atoms with Crippen molar-refractivity contribution in [3.05, 3.63) is 69.5 Å². The molecule has 0 bridgehead atoms. The highest BCUT2D eigenvalue weighted by Gasteiger charge is 2.31. The van der Waals surface area contributed by atoms with Crippen molar-refractivity contribution in [1.29, 1.82) is 0 Å². The number of carbonyl (C=O) groups is 1. The quantitative estimate of drug-likeness (QED) is 0.217. The molecule has 13 heteroatoms. The highest BCUT2D eigenvalue weighted by atomic mass is 35.5. The highest BCUT2D eigenvalue weighted by Crippen LogP contribution is 2.43. The lowest BCUT2D eigenvalue weighted by molar-refractivity contribution is -0.379. The Kier molecular flexibility index (Phi) is 9.14. The van der Waals surface area contributed by atoms with E-state index in [-0.39, 0.29) is 39.9 Å². The maximum absolute atomic E-state index is 16.0. The van der Waals surface area contributed by atoms with Gasteiger partial charge in [0.25, 0.3) is 0 Å². The van der Waals surface area contributed by atoms with Crippen molar-refractivity contribution in [2.24, 2.45) is 0 Å². The minimum atomic E-state index is -1.50. The number of piperidine rings is 1. The first-order chi connectivity index (χ1) is 20.0. The summed E-state index contributed by atoms with van der Waals surface area (Å²) in [6, 6.07) is 6.50. The number of benzene rings is 1. The zero-order valence-corrected chi connectivity index (χ0v) is 25.6. The van der Waals surface area contributed by atoms with E-state index in [1.54, 1.807) is 29.3 Å². The van der Waals surface area contributed by atoms with Crippen molar-refractivity contribution in [1.82, 2.24) is 14.9 Å². The second kappa shape index (κ2) is 12.6. The van der Waals surface area contributed by atoms with Gasteiger partial charge in [-0.05, 0) is 68.8 Å². The molecule has 7 nitrogen and oxygen atoms in total. The second-order valence-corrected chi connectivity index (χ2v) is 13.2. The molecule has 1 amide bonds. The molecule has 2 N–H and O–H groups in total. The molecule has 1 atom stereocenters.